The molecule has 8 heteroatoms. The monoisotopic (exact) mass is 436 g/mol. The number of aliphatic hydroxyl groups is 1. The summed E-state index contributed by atoms with van der Waals surface area (Å²) >= 11 is 0. The van der Waals surface area contributed by atoms with E-state index >= 15 is 0 Å². The Kier molecular flexibility index (Phi) is 6.82. The molecule has 3 heterocycles. The number of aliphatic hydroxyl groups excluding tert-OH is 1. The highest BCUT2D eigenvalue weighted by Gasteiger charge is 2.42. The molecule has 0 atom stereocenters. The van der Waals surface area contributed by atoms with Crippen molar-refractivity contribution in [3.8, 4) is 5.75 Å². The van der Waals surface area contributed by atoms with Crippen molar-refractivity contribution in [3.63, 3.8) is 0 Å². The molecule has 2 aliphatic rings. The number of hydrogen-bond donors (Lipinski definition) is 1. The average molecular weight is 437 g/mol. The molecule has 1 aromatic heterocycles. The summed E-state index contributed by atoms with van der Waals surface area (Å²) in [4.78, 5) is 36.5. The SMILES string of the molecule is CCOc1ccc(C2=C(N3CCN(CCO)CC3)C(=O)N(Cc3cccnc3)C2=O)cc1. The van der Waals surface area contributed by atoms with Crippen molar-refractivity contribution in [3.05, 3.63) is 65.6 Å². The van der Waals surface area contributed by atoms with Crippen LogP contribution in [0.1, 0.15) is 18.1 Å². The summed E-state index contributed by atoms with van der Waals surface area (Å²) < 4.78 is 5.53. The Labute approximate surface area is 187 Å². The molecule has 1 saturated heterocycles. The van der Waals surface area contributed by atoms with Crippen molar-refractivity contribution in [1.82, 2.24) is 19.7 Å². The molecule has 1 fully saturated rings. The minimum absolute atomic E-state index is 0.108. The van der Waals surface area contributed by atoms with E-state index in [4.69, 9.17) is 4.74 Å². The zero-order valence-electron chi connectivity index (χ0n) is 18.2. The summed E-state index contributed by atoms with van der Waals surface area (Å²) in [5, 5.41) is 9.21. The number of carbonyl (C=O) groups excluding carboxylic acids is 2. The van der Waals surface area contributed by atoms with Gasteiger partial charge in [-0.2, -0.15) is 0 Å². The van der Waals surface area contributed by atoms with Crippen LogP contribution in [0, 0.1) is 0 Å². The topological polar surface area (TPSA) is 86.2 Å². The number of aromatic nitrogens is 1. The standard InChI is InChI=1S/C24H28N4O4/c1-2-32-20-7-5-19(6-8-20)21-22(27-12-10-26(11-13-27)14-15-29)24(31)28(23(21)30)17-18-4-3-9-25-16-18/h3-9,16,29H,2,10-15,17H2,1H3. The lowest BCUT2D eigenvalue weighted by atomic mass is 10.0. The normalized spacial score (nSPS) is 17.4. The van der Waals surface area contributed by atoms with Crippen LogP contribution in [0.3, 0.4) is 0 Å². The predicted molar refractivity (Wildman–Crippen MR) is 119 cm³/mol. The summed E-state index contributed by atoms with van der Waals surface area (Å²) in [7, 11) is 0. The van der Waals surface area contributed by atoms with Crippen molar-refractivity contribution in [2.45, 2.75) is 13.5 Å². The number of ether oxygens (including phenoxy) is 1. The molecule has 168 valence electrons. The first-order valence-electron chi connectivity index (χ1n) is 10.9. The third kappa shape index (κ3) is 4.51. The van der Waals surface area contributed by atoms with Gasteiger partial charge >= 0.3 is 0 Å². The first kappa shape index (κ1) is 22.0. The van der Waals surface area contributed by atoms with Crippen LogP contribution in [-0.2, 0) is 16.1 Å². The van der Waals surface area contributed by atoms with Crippen LogP contribution in [0.25, 0.3) is 5.57 Å². The number of carbonyl (C=O) groups is 2. The van der Waals surface area contributed by atoms with Gasteiger partial charge in [-0.05, 0) is 36.2 Å². The highest BCUT2D eigenvalue weighted by atomic mass is 16.5. The van der Waals surface area contributed by atoms with Gasteiger partial charge in [-0.15, -0.1) is 0 Å². The zero-order valence-corrected chi connectivity index (χ0v) is 18.2. The molecule has 0 spiro atoms. The maximum atomic E-state index is 13.5. The molecular weight excluding hydrogens is 408 g/mol. The van der Waals surface area contributed by atoms with E-state index in [-0.39, 0.29) is 25.0 Å². The number of rotatable bonds is 8. The molecular formula is C24H28N4O4. The number of imide groups is 1. The van der Waals surface area contributed by atoms with Crippen LogP contribution in [0.5, 0.6) is 5.75 Å². The Morgan fingerprint density at radius 2 is 1.78 bits per heavy atom. The number of β-amino-alcohol motifs (C(OH)–C–C–N with tert-alkyl or cyclic N) is 1. The fourth-order valence-electron chi connectivity index (χ4n) is 4.16. The van der Waals surface area contributed by atoms with E-state index < -0.39 is 0 Å². The number of piperazine rings is 1. The molecule has 0 radical (unpaired) electrons. The molecule has 32 heavy (non-hydrogen) atoms. The molecule has 1 N–H and O–H groups in total. The summed E-state index contributed by atoms with van der Waals surface area (Å²) in [6.07, 6.45) is 3.33. The molecule has 0 unspecified atom stereocenters. The summed E-state index contributed by atoms with van der Waals surface area (Å²) in [5.74, 6) is 0.147. The highest BCUT2D eigenvalue weighted by Crippen LogP contribution is 2.33. The first-order chi connectivity index (χ1) is 15.6. The summed E-state index contributed by atoms with van der Waals surface area (Å²) in [6, 6.07) is 11.0. The third-order valence-electron chi connectivity index (χ3n) is 5.77. The van der Waals surface area contributed by atoms with Gasteiger partial charge in [0.2, 0.25) is 0 Å². The Morgan fingerprint density at radius 1 is 1.03 bits per heavy atom. The van der Waals surface area contributed by atoms with Gasteiger partial charge in [0.15, 0.2) is 0 Å². The van der Waals surface area contributed by atoms with Crippen molar-refractivity contribution in [1.29, 1.82) is 0 Å². The first-order valence-corrected chi connectivity index (χ1v) is 10.9. The second kappa shape index (κ2) is 9.93. The van der Waals surface area contributed by atoms with E-state index in [9.17, 15) is 14.7 Å². The van der Waals surface area contributed by atoms with Crippen LogP contribution in [0.15, 0.2) is 54.5 Å². The van der Waals surface area contributed by atoms with E-state index in [1.807, 2.05) is 42.2 Å². The summed E-state index contributed by atoms with van der Waals surface area (Å²) in [5.41, 5.74) is 2.38. The third-order valence-corrected chi connectivity index (χ3v) is 5.77. The Balaban J connectivity index is 1.66. The van der Waals surface area contributed by atoms with Gasteiger partial charge in [0.25, 0.3) is 11.8 Å². The van der Waals surface area contributed by atoms with Crippen LogP contribution >= 0.6 is 0 Å². The second-order valence-corrected chi connectivity index (χ2v) is 7.79. The van der Waals surface area contributed by atoms with Crippen molar-refractivity contribution in [2.75, 3.05) is 45.9 Å². The van der Waals surface area contributed by atoms with Crippen molar-refractivity contribution >= 4 is 17.4 Å². The number of benzene rings is 1. The maximum Gasteiger partial charge on any atom is 0.278 e. The Hall–Kier alpha value is -3.23. The van der Waals surface area contributed by atoms with Gasteiger partial charge in [-0.25, -0.2) is 0 Å². The predicted octanol–water partition coefficient (Wildman–Crippen LogP) is 1.37. The van der Waals surface area contributed by atoms with Crippen molar-refractivity contribution in [2.24, 2.45) is 0 Å². The molecule has 0 saturated carbocycles. The Morgan fingerprint density at radius 3 is 2.41 bits per heavy atom. The number of hydrogen-bond acceptors (Lipinski definition) is 7. The molecule has 4 rings (SSSR count). The van der Waals surface area contributed by atoms with E-state index in [0.29, 0.717) is 43.1 Å². The number of nitrogens with zero attached hydrogens (tertiary/aromatic N) is 4. The zero-order chi connectivity index (χ0) is 22.5. The van der Waals surface area contributed by atoms with Gasteiger partial charge in [-0.3, -0.25) is 24.4 Å². The average Bonchev–Trinajstić information content (AvgIpc) is 3.06. The highest BCUT2D eigenvalue weighted by molar-refractivity contribution is 6.35. The molecule has 2 aromatic rings. The van der Waals surface area contributed by atoms with E-state index in [0.717, 1.165) is 24.4 Å². The molecule has 2 amide bonds. The fraction of sp³-hybridized carbons (Fsp3) is 0.375. The smallest absolute Gasteiger partial charge is 0.278 e. The van der Waals surface area contributed by atoms with Crippen LogP contribution in [0.4, 0.5) is 0 Å². The maximum absolute atomic E-state index is 13.5. The lowest BCUT2D eigenvalue weighted by Crippen LogP contribution is -2.48. The van der Waals surface area contributed by atoms with E-state index in [2.05, 4.69) is 9.88 Å². The van der Waals surface area contributed by atoms with Gasteiger partial charge in [0.1, 0.15) is 11.4 Å². The molecule has 0 aliphatic carbocycles. The quantitative estimate of drug-likeness (QED) is 0.626. The van der Waals surface area contributed by atoms with Gasteiger partial charge < -0.3 is 14.7 Å². The summed E-state index contributed by atoms with van der Waals surface area (Å²) in [6.45, 7) is 6.07. The lowest BCUT2D eigenvalue weighted by Gasteiger charge is -2.36. The van der Waals surface area contributed by atoms with Crippen LogP contribution < -0.4 is 4.74 Å². The fourth-order valence-corrected chi connectivity index (χ4v) is 4.16. The molecule has 0 bridgehead atoms. The van der Waals surface area contributed by atoms with Gasteiger partial charge in [0.05, 0.1) is 25.3 Å². The van der Waals surface area contributed by atoms with E-state index in [1.54, 1.807) is 18.5 Å². The van der Waals surface area contributed by atoms with Crippen LogP contribution in [-0.4, -0.2) is 82.5 Å². The van der Waals surface area contributed by atoms with Gasteiger partial charge in [0, 0.05) is 45.1 Å². The second-order valence-electron chi connectivity index (χ2n) is 7.79. The number of amides is 2. The number of pyridine rings is 1. The van der Waals surface area contributed by atoms with Crippen molar-refractivity contribution < 1.29 is 19.4 Å². The Bertz CT molecular complexity index is 983. The molecule has 2 aliphatic heterocycles. The lowest BCUT2D eigenvalue weighted by molar-refractivity contribution is -0.138. The van der Waals surface area contributed by atoms with Gasteiger partial charge in [-0.1, -0.05) is 18.2 Å². The molecule has 8 nitrogen and oxygen atoms in total. The minimum atomic E-state index is -0.296. The van der Waals surface area contributed by atoms with Crippen LogP contribution in [0.2, 0.25) is 0 Å². The minimum Gasteiger partial charge on any atom is -0.494 e. The largest absolute Gasteiger partial charge is 0.494 e. The molecule has 1 aromatic carbocycles. The van der Waals surface area contributed by atoms with E-state index in [1.165, 1.54) is 4.90 Å².